The highest BCUT2D eigenvalue weighted by Crippen LogP contribution is 2.34. The standard InChI is InChI=1S/C33H33N3O6S/c1-6-9-26-28(32(40)42-7-2)29(22-10-8-11-25(17-22)41-5)36-30(37)27(43-33(36)34-26)18-23-16-19(3)35(20(23)4)24-14-12-21(13-15-24)31(38)39/h8,10-18,29H,6-7,9H2,1-5H3,(H,38,39)/b27-18-/t29-/m1/s1. The van der Waals surface area contributed by atoms with Gasteiger partial charge in [0.05, 0.1) is 41.1 Å². The number of carbonyl (C=O) groups is 2. The maximum atomic E-state index is 14.1. The van der Waals surface area contributed by atoms with Gasteiger partial charge in [0, 0.05) is 17.1 Å². The highest BCUT2D eigenvalue weighted by Gasteiger charge is 2.34. The third kappa shape index (κ3) is 5.58. The maximum Gasteiger partial charge on any atom is 0.338 e. The van der Waals surface area contributed by atoms with E-state index in [1.807, 2.05) is 61.7 Å². The van der Waals surface area contributed by atoms with Crippen molar-refractivity contribution in [1.29, 1.82) is 0 Å². The van der Waals surface area contributed by atoms with E-state index in [2.05, 4.69) is 0 Å². The van der Waals surface area contributed by atoms with Gasteiger partial charge in [-0.3, -0.25) is 9.36 Å². The van der Waals surface area contributed by atoms with Crippen molar-refractivity contribution >= 4 is 29.4 Å². The number of hydrogen-bond donors (Lipinski definition) is 1. The second kappa shape index (κ2) is 12.3. The molecule has 0 amide bonds. The first kappa shape index (κ1) is 29.8. The minimum Gasteiger partial charge on any atom is -0.497 e. The summed E-state index contributed by atoms with van der Waals surface area (Å²) in [5, 5.41) is 9.27. The van der Waals surface area contributed by atoms with E-state index >= 15 is 0 Å². The fraction of sp³-hybridized carbons (Fsp3) is 0.273. The molecule has 0 aliphatic carbocycles. The van der Waals surface area contributed by atoms with Crippen LogP contribution in [-0.2, 0) is 9.53 Å². The molecule has 0 spiro atoms. The molecule has 43 heavy (non-hydrogen) atoms. The van der Waals surface area contributed by atoms with Gasteiger partial charge >= 0.3 is 11.9 Å². The Balaban J connectivity index is 1.70. The van der Waals surface area contributed by atoms with Crippen LogP contribution in [0.25, 0.3) is 11.8 Å². The van der Waals surface area contributed by atoms with Crippen molar-refractivity contribution < 1.29 is 24.2 Å². The fourth-order valence-corrected chi connectivity index (χ4v) is 6.48. The highest BCUT2D eigenvalue weighted by atomic mass is 32.1. The van der Waals surface area contributed by atoms with E-state index in [0.717, 1.165) is 34.6 Å². The Morgan fingerprint density at radius 1 is 1.09 bits per heavy atom. The minimum absolute atomic E-state index is 0.200. The van der Waals surface area contributed by atoms with Gasteiger partial charge in [0.15, 0.2) is 4.80 Å². The van der Waals surface area contributed by atoms with Gasteiger partial charge in [-0.15, -0.1) is 0 Å². The Hall–Kier alpha value is -4.70. The number of rotatable bonds is 9. The van der Waals surface area contributed by atoms with E-state index in [4.69, 9.17) is 14.5 Å². The van der Waals surface area contributed by atoms with Crippen LogP contribution in [0.2, 0.25) is 0 Å². The SMILES string of the molecule is CCCC1=C(C(=O)OCC)[C@@H](c2cccc(OC)c2)n2c(s/c(=C\c3cc(C)n(-c4ccc(C(=O)O)cc4)c3C)c2=O)=N1. The number of aromatic nitrogens is 2. The van der Waals surface area contributed by atoms with Gasteiger partial charge in [-0.2, -0.15) is 0 Å². The van der Waals surface area contributed by atoms with Crippen molar-refractivity contribution in [2.45, 2.75) is 46.6 Å². The van der Waals surface area contributed by atoms with Crippen LogP contribution in [0.3, 0.4) is 0 Å². The molecular weight excluding hydrogens is 566 g/mol. The zero-order valence-corrected chi connectivity index (χ0v) is 25.5. The van der Waals surface area contributed by atoms with Crippen LogP contribution in [0, 0.1) is 13.8 Å². The molecule has 0 fully saturated rings. The van der Waals surface area contributed by atoms with Crippen LogP contribution < -0.4 is 19.6 Å². The zero-order valence-electron chi connectivity index (χ0n) is 24.7. The van der Waals surface area contributed by atoms with Crippen molar-refractivity contribution in [2.75, 3.05) is 13.7 Å². The van der Waals surface area contributed by atoms with E-state index in [-0.39, 0.29) is 17.7 Å². The molecule has 2 aromatic carbocycles. The van der Waals surface area contributed by atoms with Crippen LogP contribution in [0.1, 0.15) is 65.6 Å². The Labute approximate surface area is 252 Å². The molecule has 3 heterocycles. The van der Waals surface area contributed by atoms with E-state index in [0.29, 0.717) is 32.8 Å². The van der Waals surface area contributed by atoms with Crippen LogP contribution in [-0.4, -0.2) is 39.9 Å². The van der Waals surface area contributed by atoms with Gasteiger partial charge in [0.25, 0.3) is 5.56 Å². The summed E-state index contributed by atoms with van der Waals surface area (Å²) in [6.07, 6.45) is 3.17. The first-order valence-electron chi connectivity index (χ1n) is 14.1. The number of methoxy groups -OCH3 is 1. The highest BCUT2D eigenvalue weighted by molar-refractivity contribution is 7.07. The molecule has 5 rings (SSSR count). The molecule has 1 N–H and O–H groups in total. The predicted octanol–water partition coefficient (Wildman–Crippen LogP) is 4.69. The first-order valence-corrected chi connectivity index (χ1v) is 14.9. The lowest BCUT2D eigenvalue weighted by Crippen LogP contribution is -2.40. The number of hydrogen-bond acceptors (Lipinski definition) is 7. The number of esters is 1. The number of allylic oxidation sites excluding steroid dienone is 1. The topological polar surface area (TPSA) is 112 Å². The monoisotopic (exact) mass is 599 g/mol. The molecule has 2 aromatic heterocycles. The summed E-state index contributed by atoms with van der Waals surface area (Å²) in [5.74, 6) is -0.862. The second-order valence-electron chi connectivity index (χ2n) is 10.2. The van der Waals surface area contributed by atoms with Gasteiger partial charge in [-0.25, -0.2) is 14.6 Å². The average molecular weight is 600 g/mol. The molecular formula is C33H33N3O6S. The molecule has 0 saturated carbocycles. The quantitative estimate of drug-likeness (QED) is 0.280. The Morgan fingerprint density at radius 3 is 2.49 bits per heavy atom. The summed E-state index contributed by atoms with van der Waals surface area (Å²) >= 11 is 1.28. The van der Waals surface area contributed by atoms with Crippen molar-refractivity contribution in [3.63, 3.8) is 0 Å². The third-order valence-corrected chi connectivity index (χ3v) is 8.41. The zero-order chi connectivity index (χ0) is 30.8. The Morgan fingerprint density at radius 2 is 1.84 bits per heavy atom. The van der Waals surface area contributed by atoms with E-state index in [9.17, 15) is 19.5 Å². The second-order valence-corrected chi connectivity index (χ2v) is 11.2. The van der Waals surface area contributed by atoms with Crippen LogP contribution in [0.4, 0.5) is 0 Å². The van der Waals surface area contributed by atoms with Gasteiger partial charge < -0.3 is 19.1 Å². The Bertz CT molecular complexity index is 1930. The number of fused-ring (bicyclic) bond motifs is 1. The van der Waals surface area contributed by atoms with Crippen molar-refractivity contribution in [3.05, 3.63) is 114 Å². The van der Waals surface area contributed by atoms with Crippen LogP contribution >= 0.6 is 11.3 Å². The summed E-state index contributed by atoms with van der Waals surface area (Å²) in [6, 6.07) is 15.3. The van der Waals surface area contributed by atoms with Gasteiger partial charge in [-0.1, -0.05) is 36.8 Å². The normalized spacial score (nSPS) is 14.8. The van der Waals surface area contributed by atoms with E-state index in [1.54, 1.807) is 42.9 Å². The van der Waals surface area contributed by atoms with Crippen molar-refractivity contribution in [2.24, 2.45) is 4.99 Å². The third-order valence-electron chi connectivity index (χ3n) is 7.43. The predicted molar refractivity (Wildman–Crippen MR) is 165 cm³/mol. The average Bonchev–Trinajstić information content (AvgIpc) is 3.46. The van der Waals surface area contributed by atoms with Gasteiger partial charge in [0.2, 0.25) is 0 Å². The van der Waals surface area contributed by atoms with Crippen LogP contribution in [0.5, 0.6) is 5.75 Å². The number of thiazole rings is 1. The lowest BCUT2D eigenvalue weighted by Gasteiger charge is -2.26. The van der Waals surface area contributed by atoms with E-state index < -0.39 is 18.0 Å². The molecule has 222 valence electrons. The smallest absolute Gasteiger partial charge is 0.338 e. The molecule has 0 bridgehead atoms. The minimum atomic E-state index is -0.982. The number of aryl methyl sites for hydroxylation is 1. The summed E-state index contributed by atoms with van der Waals surface area (Å²) < 4.78 is 15.0. The van der Waals surface area contributed by atoms with Gasteiger partial charge in [0.1, 0.15) is 5.75 Å². The fourth-order valence-electron chi connectivity index (χ4n) is 5.47. The number of carbonyl (C=O) groups excluding carboxylic acids is 1. The summed E-state index contributed by atoms with van der Waals surface area (Å²) in [6.45, 7) is 7.89. The molecule has 1 aliphatic heterocycles. The van der Waals surface area contributed by atoms with Crippen molar-refractivity contribution in [1.82, 2.24) is 9.13 Å². The maximum absolute atomic E-state index is 14.1. The molecule has 0 unspecified atom stereocenters. The molecule has 10 heteroatoms. The summed E-state index contributed by atoms with van der Waals surface area (Å²) in [5.41, 5.74) is 5.15. The number of benzene rings is 2. The van der Waals surface area contributed by atoms with Gasteiger partial charge in [-0.05, 0) is 86.9 Å². The lowest BCUT2D eigenvalue weighted by atomic mass is 9.94. The van der Waals surface area contributed by atoms with E-state index in [1.165, 1.54) is 11.3 Å². The van der Waals surface area contributed by atoms with Crippen molar-refractivity contribution in [3.8, 4) is 11.4 Å². The number of ether oxygens (including phenoxy) is 2. The molecule has 0 radical (unpaired) electrons. The number of aromatic carboxylic acids is 1. The first-order chi connectivity index (χ1) is 20.7. The Kier molecular flexibility index (Phi) is 8.50. The number of carboxylic acids is 1. The molecule has 0 saturated heterocycles. The lowest BCUT2D eigenvalue weighted by molar-refractivity contribution is -0.139. The number of carboxylic acid groups (broad SMARTS) is 1. The summed E-state index contributed by atoms with van der Waals surface area (Å²) in [4.78, 5) is 44.2. The molecule has 4 aromatic rings. The number of nitrogens with zero attached hydrogens (tertiary/aromatic N) is 3. The van der Waals surface area contributed by atoms with Crippen LogP contribution in [0.15, 0.2) is 75.7 Å². The largest absolute Gasteiger partial charge is 0.497 e. The summed E-state index contributed by atoms with van der Waals surface area (Å²) in [7, 11) is 1.58. The molecule has 1 aliphatic rings. The molecule has 9 nitrogen and oxygen atoms in total. The molecule has 1 atom stereocenters.